The molecule has 0 spiro atoms. The Hall–Kier alpha value is -3.30. The first-order valence-electron chi connectivity index (χ1n) is 9.48. The summed E-state index contributed by atoms with van der Waals surface area (Å²) in [6.07, 6.45) is -5.47. The molecule has 0 bridgehead atoms. The first-order valence-corrected chi connectivity index (χ1v) is 9.48. The van der Waals surface area contributed by atoms with Gasteiger partial charge in [0.25, 0.3) is 5.91 Å². The van der Waals surface area contributed by atoms with Crippen molar-refractivity contribution < 1.29 is 32.2 Å². The lowest BCUT2D eigenvalue weighted by Crippen LogP contribution is -2.39. The van der Waals surface area contributed by atoms with Crippen molar-refractivity contribution in [1.29, 1.82) is 0 Å². The second kappa shape index (κ2) is 10.1. The van der Waals surface area contributed by atoms with Crippen molar-refractivity contribution in [3.05, 3.63) is 42.0 Å². The highest BCUT2D eigenvalue weighted by Gasteiger charge is 2.32. The number of hydrogen-bond donors (Lipinski definition) is 1. The van der Waals surface area contributed by atoms with Gasteiger partial charge >= 0.3 is 12.1 Å². The minimum absolute atomic E-state index is 0.114. The lowest BCUT2D eigenvalue weighted by Gasteiger charge is -2.17. The standard InChI is InChI=1S/C21H24F3N3O4/c1-5-30-19(28)12-25-20(29)13(2)31-16-8-6-7-14(9-16)17-10-15(21(22,23)24)11-18(26-17)27(3)4/h6-11,13H,5,12H2,1-4H3,(H,25,29). The van der Waals surface area contributed by atoms with Gasteiger partial charge in [0, 0.05) is 19.7 Å². The number of alkyl halides is 3. The van der Waals surface area contributed by atoms with Gasteiger partial charge in [0.1, 0.15) is 18.1 Å². The molecule has 0 saturated heterocycles. The molecule has 1 aromatic heterocycles. The monoisotopic (exact) mass is 439 g/mol. The molecule has 2 aromatic rings. The third kappa shape index (κ3) is 6.87. The van der Waals surface area contributed by atoms with E-state index in [2.05, 4.69) is 10.3 Å². The van der Waals surface area contributed by atoms with Crippen LogP contribution in [0.4, 0.5) is 19.0 Å². The molecule has 0 aliphatic rings. The fraction of sp³-hybridized carbons (Fsp3) is 0.381. The largest absolute Gasteiger partial charge is 0.481 e. The van der Waals surface area contributed by atoms with Crippen LogP contribution in [0, 0.1) is 0 Å². The van der Waals surface area contributed by atoms with Crippen molar-refractivity contribution in [2.45, 2.75) is 26.1 Å². The zero-order chi connectivity index (χ0) is 23.2. The quantitative estimate of drug-likeness (QED) is 0.636. The summed E-state index contributed by atoms with van der Waals surface area (Å²) >= 11 is 0. The summed E-state index contributed by atoms with van der Waals surface area (Å²) in [5, 5.41) is 2.40. The molecule has 1 atom stereocenters. The van der Waals surface area contributed by atoms with Crippen LogP contribution >= 0.6 is 0 Å². The number of ether oxygens (including phenoxy) is 2. The SMILES string of the molecule is CCOC(=O)CNC(=O)C(C)Oc1cccc(-c2cc(C(F)(F)F)cc(N(C)C)n2)c1. The molecule has 31 heavy (non-hydrogen) atoms. The van der Waals surface area contributed by atoms with E-state index in [1.807, 2.05) is 0 Å². The highest BCUT2D eigenvalue weighted by Crippen LogP contribution is 2.34. The molecule has 10 heteroatoms. The van der Waals surface area contributed by atoms with E-state index in [0.29, 0.717) is 5.56 Å². The summed E-state index contributed by atoms with van der Waals surface area (Å²) in [7, 11) is 3.20. The van der Waals surface area contributed by atoms with Crippen molar-refractivity contribution in [1.82, 2.24) is 10.3 Å². The minimum Gasteiger partial charge on any atom is -0.481 e. The third-order valence-corrected chi connectivity index (χ3v) is 4.12. The molecule has 1 unspecified atom stereocenters. The lowest BCUT2D eigenvalue weighted by atomic mass is 10.1. The van der Waals surface area contributed by atoms with Gasteiger partial charge in [0.2, 0.25) is 0 Å². The second-order valence-corrected chi connectivity index (χ2v) is 6.80. The number of esters is 1. The third-order valence-electron chi connectivity index (χ3n) is 4.12. The molecule has 1 N–H and O–H groups in total. The van der Waals surface area contributed by atoms with Gasteiger partial charge in [-0.25, -0.2) is 4.98 Å². The number of pyridine rings is 1. The highest BCUT2D eigenvalue weighted by molar-refractivity contribution is 5.85. The van der Waals surface area contributed by atoms with Gasteiger partial charge < -0.3 is 19.7 Å². The molecule has 0 fully saturated rings. The first kappa shape index (κ1) is 24.0. The van der Waals surface area contributed by atoms with Crippen LogP contribution in [0.5, 0.6) is 5.75 Å². The number of hydrogen-bond acceptors (Lipinski definition) is 6. The number of nitrogens with zero attached hydrogens (tertiary/aromatic N) is 2. The van der Waals surface area contributed by atoms with Crippen LogP contribution in [-0.4, -0.2) is 50.2 Å². The van der Waals surface area contributed by atoms with Gasteiger partial charge in [-0.3, -0.25) is 9.59 Å². The maximum absolute atomic E-state index is 13.3. The maximum atomic E-state index is 13.3. The lowest BCUT2D eigenvalue weighted by molar-refractivity contribution is -0.144. The molecule has 0 saturated carbocycles. The Balaban J connectivity index is 2.21. The van der Waals surface area contributed by atoms with E-state index in [1.165, 1.54) is 17.9 Å². The summed E-state index contributed by atoms with van der Waals surface area (Å²) in [6.45, 7) is 3.05. The molecular formula is C21H24F3N3O4. The number of rotatable bonds is 8. The van der Waals surface area contributed by atoms with E-state index in [-0.39, 0.29) is 30.4 Å². The smallest absolute Gasteiger partial charge is 0.416 e. The minimum atomic E-state index is -4.53. The average Bonchev–Trinajstić information content (AvgIpc) is 2.71. The Morgan fingerprint density at radius 1 is 1.19 bits per heavy atom. The van der Waals surface area contributed by atoms with Crippen molar-refractivity contribution in [3.63, 3.8) is 0 Å². The number of carbonyl (C=O) groups excluding carboxylic acids is 2. The Kier molecular flexibility index (Phi) is 7.84. The number of halogens is 3. The van der Waals surface area contributed by atoms with Crippen molar-refractivity contribution in [2.75, 3.05) is 32.1 Å². The molecule has 1 aromatic carbocycles. The zero-order valence-corrected chi connectivity index (χ0v) is 17.6. The number of anilines is 1. The van der Waals surface area contributed by atoms with Crippen molar-refractivity contribution in [2.24, 2.45) is 0 Å². The number of nitrogens with one attached hydrogen (secondary N) is 1. The Morgan fingerprint density at radius 3 is 2.52 bits per heavy atom. The summed E-state index contributed by atoms with van der Waals surface area (Å²) in [4.78, 5) is 29.2. The zero-order valence-electron chi connectivity index (χ0n) is 17.6. The predicted octanol–water partition coefficient (Wildman–Crippen LogP) is 3.28. The van der Waals surface area contributed by atoms with Crippen LogP contribution in [0.3, 0.4) is 0 Å². The molecule has 0 aliphatic heterocycles. The maximum Gasteiger partial charge on any atom is 0.416 e. The summed E-state index contributed by atoms with van der Waals surface area (Å²) in [6, 6.07) is 8.18. The van der Waals surface area contributed by atoms with E-state index >= 15 is 0 Å². The van der Waals surface area contributed by atoms with Crippen LogP contribution in [0.2, 0.25) is 0 Å². The number of carbonyl (C=O) groups is 2. The van der Waals surface area contributed by atoms with Gasteiger partial charge in [-0.15, -0.1) is 0 Å². The summed E-state index contributed by atoms with van der Waals surface area (Å²) in [5.41, 5.74) is -0.312. The van der Waals surface area contributed by atoms with Crippen molar-refractivity contribution >= 4 is 17.7 Å². The van der Waals surface area contributed by atoms with E-state index in [0.717, 1.165) is 12.1 Å². The summed E-state index contributed by atoms with van der Waals surface area (Å²) in [5.74, 6) is -0.687. The predicted molar refractivity (Wildman–Crippen MR) is 109 cm³/mol. The fourth-order valence-corrected chi connectivity index (χ4v) is 2.56. The van der Waals surface area contributed by atoms with Gasteiger partial charge in [-0.1, -0.05) is 12.1 Å². The van der Waals surface area contributed by atoms with Gasteiger partial charge in [-0.05, 0) is 38.1 Å². The number of aromatic nitrogens is 1. The van der Waals surface area contributed by atoms with E-state index in [1.54, 1.807) is 39.2 Å². The average molecular weight is 439 g/mol. The Bertz CT molecular complexity index is 932. The van der Waals surface area contributed by atoms with Crippen LogP contribution in [0.1, 0.15) is 19.4 Å². The number of benzene rings is 1. The Morgan fingerprint density at radius 2 is 1.90 bits per heavy atom. The van der Waals surface area contributed by atoms with E-state index < -0.39 is 29.7 Å². The topological polar surface area (TPSA) is 80.8 Å². The van der Waals surface area contributed by atoms with Crippen LogP contribution < -0.4 is 15.0 Å². The molecule has 7 nitrogen and oxygen atoms in total. The van der Waals surface area contributed by atoms with Gasteiger partial charge in [0.05, 0.1) is 17.9 Å². The van der Waals surface area contributed by atoms with Gasteiger partial charge in [-0.2, -0.15) is 13.2 Å². The van der Waals surface area contributed by atoms with Crippen LogP contribution in [0.25, 0.3) is 11.3 Å². The fourth-order valence-electron chi connectivity index (χ4n) is 2.56. The van der Waals surface area contributed by atoms with Crippen molar-refractivity contribution in [3.8, 4) is 17.0 Å². The van der Waals surface area contributed by atoms with Gasteiger partial charge in [0.15, 0.2) is 6.10 Å². The van der Waals surface area contributed by atoms with E-state index in [9.17, 15) is 22.8 Å². The molecule has 1 amide bonds. The molecule has 0 aliphatic carbocycles. The van der Waals surface area contributed by atoms with Crippen LogP contribution in [0.15, 0.2) is 36.4 Å². The highest BCUT2D eigenvalue weighted by atomic mass is 19.4. The summed E-state index contributed by atoms with van der Waals surface area (Å²) < 4.78 is 50.2. The first-order chi connectivity index (χ1) is 14.5. The normalized spacial score (nSPS) is 12.1. The molecule has 1 heterocycles. The molecule has 2 rings (SSSR count). The van der Waals surface area contributed by atoms with E-state index in [4.69, 9.17) is 9.47 Å². The molecular weight excluding hydrogens is 415 g/mol. The number of amides is 1. The molecule has 168 valence electrons. The van der Waals surface area contributed by atoms with Crippen LogP contribution in [-0.2, 0) is 20.5 Å². The second-order valence-electron chi connectivity index (χ2n) is 6.80. The Labute approximate surface area is 178 Å². The molecule has 0 radical (unpaired) electrons.